The standard InChI is InChI=1S/C17H16N2O6S/c1-11(16(20)18-13-5-7-14(8-6-13)19(22)23)25-17(21)12-3-9-15(10-4-12)26(2)24/h3-11H,1-2H3,(H,18,20). The average molecular weight is 376 g/mol. The van der Waals surface area contributed by atoms with Crippen molar-refractivity contribution in [1.29, 1.82) is 0 Å². The van der Waals surface area contributed by atoms with Gasteiger partial charge < -0.3 is 10.1 Å². The molecule has 8 nitrogen and oxygen atoms in total. The number of esters is 1. The van der Waals surface area contributed by atoms with Gasteiger partial charge in [-0.25, -0.2) is 4.79 Å². The molecule has 0 aliphatic heterocycles. The molecule has 2 unspecified atom stereocenters. The number of ether oxygens (including phenoxy) is 1. The van der Waals surface area contributed by atoms with Crippen molar-refractivity contribution in [3.63, 3.8) is 0 Å². The van der Waals surface area contributed by atoms with Gasteiger partial charge in [0.05, 0.1) is 10.5 Å². The second kappa shape index (κ2) is 8.34. The first-order valence-corrected chi connectivity index (χ1v) is 9.03. The highest BCUT2D eigenvalue weighted by Gasteiger charge is 2.19. The Morgan fingerprint density at radius 3 is 2.19 bits per heavy atom. The van der Waals surface area contributed by atoms with E-state index < -0.39 is 33.7 Å². The number of amides is 1. The van der Waals surface area contributed by atoms with Crippen LogP contribution in [0, 0.1) is 10.1 Å². The monoisotopic (exact) mass is 376 g/mol. The number of nitro benzene ring substituents is 1. The molecule has 0 heterocycles. The van der Waals surface area contributed by atoms with E-state index in [0.717, 1.165) is 0 Å². The Labute approximate surface area is 151 Å². The summed E-state index contributed by atoms with van der Waals surface area (Å²) in [5, 5.41) is 13.1. The highest BCUT2D eigenvalue weighted by Crippen LogP contribution is 2.16. The molecule has 26 heavy (non-hydrogen) atoms. The summed E-state index contributed by atoms with van der Waals surface area (Å²) in [7, 11) is -1.15. The molecule has 9 heteroatoms. The summed E-state index contributed by atoms with van der Waals surface area (Å²) in [4.78, 5) is 34.8. The number of hydrogen-bond acceptors (Lipinski definition) is 6. The van der Waals surface area contributed by atoms with Crippen LogP contribution in [0.15, 0.2) is 53.4 Å². The molecule has 0 aliphatic carbocycles. The minimum atomic E-state index is -1.15. The first kappa shape index (κ1) is 19.3. The van der Waals surface area contributed by atoms with Gasteiger partial charge in [0.15, 0.2) is 6.10 Å². The maximum absolute atomic E-state index is 12.1. The molecule has 0 aliphatic rings. The van der Waals surface area contributed by atoms with Crippen LogP contribution in [0.3, 0.4) is 0 Å². The summed E-state index contributed by atoms with van der Waals surface area (Å²) in [5.41, 5.74) is 0.478. The number of nitro groups is 1. The van der Waals surface area contributed by atoms with Crippen LogP contribution in [0.5, 0.6) is 0 Å². The fraction of sp³-hybridized carbons (Fsp3) is 0.176. The second-order valence-electron chi connectivity index (χ2n) is 5.32. The number of hydrogen-bond donors (Lipinski definition) is 1. The van der Waals surface area contributed by atoms with Gasteiger partial charge in [0.25, 0.3) is 11.6 Å². The smallest absolute Gasteiger partial charge is 0.338 e. The lowest BCUT2D eigenvalue weighted by Gasteiger charge is -2.13. The zero-order chi connectivity index (χ0) is 19.3. The zero-order valence-electron chi connectivity index (χ0n) is 14.0. The Morgan fingerprint density at radius 2 is 1.69 bits per heavy atom. The van der Waals surface area contributed by atoms with Crippen molar-refractivity contribution in [3.05, 3.63) is 64.2 Å². The molecule has 1 amide bonds. The molecular formula is C17H16N2O6S. The number of nitrogens with one attached hydrogen (secondary N) is 1. The van der Waals surface area contributed by atoms with Gasteiger partial charge >= 0.3 is 5.97 Å². The first-order chi connectivity index (χ1) is 12.3. The van der Waals surface area contributed by atoms with E-state index >= 15 is 0 Å². The van der Waals surface area contributed by atoms with Crippen molar-refractivity contribution < 1.29 is 23.5 Å². The summed E-state index contributed by atoms with van der Waals surface area (Å²) in [6.07, 6.45) is 0.454. The van der Waals surface area contributed by atoms with E-state index in [2.05, 4.69) is 5.32 Å². The van der Waals surface area contributed by atoms with E-state index in [1.54, 1.807) is 12.1 Å². The molecular weight excluding hydrogens is 360 g/mol. The molecule has 2 rings (SSSR count). The molecule has 1 N–H and O–H groups in total. The van der Waals surface area contributed by atoms with Gasteiger partial charge in [0, 0.05) is 39.8 Å². The number of non-ortho nitro benzene ring substituents is 1. The van der Waals surface area contributed by atoms with E-state index in [4.69, 9.17) is 4.74 Å². The van der Waals surface area contributed by atoms with Gasteiger partial charge in [-0.1, -0.05) is 0 Å². The topological polar surface area (TPSA) is 116 Å². The van der Waals surface area contributed by atoms with Crippen molar-refractivity contribution in [3.8, 4) is 0 Å². The number of carbonyl (C=O) groups is 2. The predicted molar refractivity (Wildman–Crippen MR) is 95.4 cm³/mol. The zero-order valence-corrected chi connectivity index (χ0v) is 14.8. The summed E-state index contributed by atoms with van der Waals surface area (Å²) >= 11 is 0. The van der Waals surface area contributed by atoms with Gasteiger partial charge in [-0.15, -0.1) is 0 Å². The van der Waals surface area contributed by atoms with Crippen LogP contribution in [-0.2, 0) is 20.3 Å². The van der Waals surface area contributed by atoms with Crippen LogP contribution in [0.1, 0.15) is 17.3 Å². The van der Waals surface area contributed by atoms with Gasteiger partial charge in [-0.3, -0.25) is 19.1 Å². The number of benzene rings is 2. The maximum atomic E-state index is 12.1. The van der Waals surface area contributed by atoms with E-state index in [1.807, 2.05) is 0 Å². The molecule has 0 aromatic heterocycles. The normalized spacial score (nSPS) is 12.7. The Hall–Kier alpha value is -3.07. The molecule has 2 aromatic carbocycles. The molecule has 0 bridgehead atoms. The van der Waals surface area contributed by atoms with Crippen LogP contribution in [0.4, 0.5) is 11.4 Å². The molecule has 136 valence electrons. The molecule has 0 fully saturated rings. The van der Waals surface area contributed by atoms with Crippen LogP contribution in [-0.4, -0.2) is 33.4 Å². The lowest BCUT2D eigenvalue weighted by molar-refractivity contribution is -0.384. The van der Waals surface area contributed by atoms with Crippen LogP contribution in [0.2, 0.25) is 0 Å². The second-order valence-corrected chi connectivity index (χ2v) is 6.70. The molecule has 0 spiro atoms. The molecule has 0 saturated carbocycles. The van der Waals surface area contributed by atoms with Crippen LogP contribution >= 0.6 is 0 Å². The maximum Gasteiger partial charge on any atom is 0.338 e. The summed E-state index contributed by atoms with van der Waals surface area (Å²) in [6, 6.07) is 11.3. The number of carbonyl (C=O) groups excluding carboxylic acids is 2. The Kier molecular flexibility index (Phi) is 6.18. The number of anilines is 1. The number of nitrogens with zero attached hydrogens (tertiary/aromatic N) is 1. The third-order valence-electron chi connectivity index (χ3n) is 3.42. The van der Waals surface area contributed by atoms with Crippen LogP contribution in [0.25, 0.3) is 0 Å². The summed E-state index contributed by atoms with van der Waals surface area (Å²) in [6.45, 7) is 1.41. The van der Waals surface area contributed by atoms with E-state index in [-0.39, 0.29) is 11.3 Å². The largest absolute Gasteiger partial charge is 0.449 e. The summed E-state index contributed by atoms with van der Waals surface area (Å²) < 4.78 is 16.4. The molecule has 2 aromatic rings. The fourth-order valence-corrected chi connectivity index (χ4v) is 2.49. The lowest BCUT2D eigenvalue weighted by atomic mass is 10.2. The van der Waals surface area contributed by atoms with Crippen molar-refractivity contribution in [1.82, 2.24) is 0 Å². The number of rotatable bonds is 6. The molecule has 0 radical (unpaired) electrons. The Morgan fingerprint density at radius 1 is 1.12 bits per heavy atom. The van der Waals surface area contributed by atoms with E-state index in [1.165, 1.54) is 49.6 Å². The van der Waals surface area contributed by atoms with E-state index in [9.17, 15) is 23.9 Å². The minimum Gasteiger partial charge on any atom is -0.449 e. The Bertz CT molecular complexity index is 849. The van der Waals surface area contributed by atoms with Crippen molar-refractivity contribution in [2.24, 2.45) is 0 Å². The average Bonchev–Trinajstić information content (AvgIpc) is 2.62. The summed E-state index contributed by atoms with van der Waals surface area (Å²) in [5.74, 6) is -1.26. The Balaban J connectivity index is 1.96. The molecule has 0 saturated heterocycles. The third kappa shape index (κ3) is 4.96. The van der Waals surface area contributed by atoms with Crippen molar-refractivity contribution in [2.75, 3.05) is 11.6 Å². The van der Waals surface area contributed by atoms with Gasteiger partial charge in [-0.2, -0.15) is 0 Å². The predicted octanol–water partition coefficient (Wildman–Crippen LogP) is 2.52. The van der Waals surface area contributed by atoms with Gasteiger partial charge in [0.2, 0.25) is 0 Å². The molecule has 2 atom stereocenters. The fourth-order valence-electron chi connectivity index (χ4n) is 1.98. The van der Waals surface area contributed by atoms with E-state index in [0.29, 0.717) is 10.6 Å². The highest BCUT2D eigenvalue weighted by molar-refractivity contribution is 7.84. The quantitative estimate of drug-likeness (QED) is 0.470. The minimum absolute atomic E-state index is 0.0982. The van der Waals surface area contributed by atoms with Crippen molar-refractivity contribution in [2.45, 2.75) is 17.9 Å². The highest BCUT2D eigenvalue weighted by atomic mass is 32.2. The van der Waals surface area contributed by atoms with Crippen LogP contribution < -0.4 is 5.32 Å². The van der Waals surface area contributed by atoms with Gasteiger partial charge in [0.1, 0.15) is 0 Å². The lowest BCUT2D eigenvalue weighted by Crippen LogP contribution is -2.30. The third-order valence-corrected chi connectivity index (χ3v) is 4.36. The van der Waals surface area contributed by atoms with Crippen molar-refractivity contribution >= 4 is 34.1 Å². The SMILES string of the molecule is CC(OC(=O)c1ccc(S(C)=O)cc1)C(=O)Nc1ccc([N+](=O)[O-])cc1. The van der Waals surface area contributed by atoms with Gasteiger partial charge in [-0.05, 0) is 43.3 Å². The first-order valence-electron chi connectivity index (χ1n) is 7.47.